The monoisotopic (exact) mass is 254 g/mol. The Morgan fingerprint density at radius 1 is 1.44 bits per heavy atom. The zero-order valence-electron chi connectivity index (χ0n) is 8.74. The molecule has 1 heterocycles. The number of hydrogen-bond acceptors (Lipinski definition) is 4. The zero-order chi connectivity index (χ0) is 11.5. The Bertz CT molecular complexity index is 498. The van der Waals surface area contributed by atoms with E-state index in [9.17, 15) is 0 Å². The fourth-order valence-corrected chi connectivity index (χ4v) is 2.37. The molecule has 0 atom stereocenters. The highest BCUT2D eigenvalue weighted by molar-refractivity contribution is 7.99. The van der Waals surface area contributed by atoms with Crippen molar-refractivity contribution in [2.24, 2.45) is 0 Å². The molecule has 84 valence electrons. The van der Waals surface area contributed by atoms with Gasteiger partial charge in [-0.1, -0.05) is 23.7 Å². The van der Waals surface area contributed by atoms with Gasteiger partial charge in [0.1, 0.15) is 5.69 Å². The lowest BCUT2D eigenvalue weighted by Gasteiger charge is -2.05. The summed E-state index contributed by atoms with van der Waals surface area (Å²) in [4.78, 5) is 1.13. The average molecular weight is 255 g/mol. The molecule has 2 aromatic rings. The standard InChI is InChI=1S/C11H11ClN2OS/c1-2-16-10-4-3-7(12)5-8(10)9-6-11(13)15-14-9/h3-6H,2,13H2,1H3. The largest absolute Gasteiger partial charge is 0.368 e. The fraction of sp³-hybridized carbons (Fsp3) is 0.182. The van der Waals surface area contributed by atoms with Crippen molar-refractivity contribution in [1.82, 2.24) is 5.16 Å². The van der Waals surface area contributed by atoms with Crippen molar-refractivity contribution in [2.75, 3.05) is 11.5 Å². The first-order chi connectivity index (χ1) is 7.70. The van der Waals surface area contributed by atoms with Gasteiger partial charge >= 0.3 is 0 Å². The Morgan fingerprint density at radius 2 is 2.25 bits per heavy atom. The molecule has 0 unspecified atom stereocenters. The van der Waals surface area contributed by atoms with Crippen molar-refractivity contribution in [1.29, 1.82) is 0 Å². The number of nitrogen functional groups attached to an aromatic ring is 1. The lowest BCUT2D eigenvalue weighted by atomic mass is 10.1. The predicted molar refractivity (Wildman–Crippen MR) is 67.8 cm³/mol. The molecule has 0 fully saturated rings. The molecule has 1 aromatic carbocycles. The Hall–Kier alpha value is -1.13. The Kier molecular flexibility index (Phi) is 3.41. The summed E-state index contributed by atoms with van der Waals surface area (Å²) in [5.74, 6) is 1.30. The molecule has 0 bridgehead atoms. The molecule has 0 radical (unpaired) electrons. The summed E-state index contributed by atoms with van der Waals surface area (Å²) in [6, 6.07) is 7.42. The first-order valence-electron chi connectivity index (χ1n) is 4.85. The molecule has 2 rings (SSSR count). The van der Waals surface area contributed by atoms with Gasteiger partial charge in [-0.15, -0.1) is 11.8 Å². The van der Waals surface area contributed by atoms with Crippen LogP contribution in [0.5, 0.6) is 0 Å². The van der Waals surface area contributed by atoms with Crippen LogP contribution in [0.2, 0.25) is 5.02 Å². The molecule has 0 aliphatic carbocycles. The van der Waals surface area contributed by atoms with Gasteiger partial charge in [0.05, 0.1) is 0 Å². The van der Waals surface area contributed by atoms with Crippen molar-refractivity contribution < 1.29 is 4.52 Å². The molecule has 0 aliphatic heterocycles. The molecule has 3 nitrogen and oxygen atoms in total. The average Bonchev–Trinajstić information content (AvgIpc) is 2.68. The van der Waals surface area contributed by atoms with Crippen LogP contribution in [-0.2, 0) is 0 Å². The van der Waals surface area contributed by atoms with Crippen molar-refractivity contribution in [2.45, 2.75) is 11.8 Å². The van der Waals surface area contributed by atoms with E-state index in [2.05, 4.69) is 12.1 Å². The minimum absolute atomic E-state index is 0.308. The first kappa shape index (κ1) is 11.4. The van der Waals surface area contributed by atoms with E-state index >= 15 is 0 Å². The van der Waals surface area contributed by atoms with Gasteiger partial charge in [0.15, 0.2) is 0 Å². The van der Waals surface area contributed by atoms with Crippen LogP contribution >= 0.6 is 23.4 Å². The number of hydrogen-bond donors (Lipinski definition) is 1. The number of anilines is 1. The highest BCUT2D eigenvalue weighted by Gasteiger charge is 2.10. The Labute approximate surface area is 103 Å². The van der Waals surface area contributed by atoms with Gasteiger partial charge in [0.25, 0.3) is 0 Å². The van der Waals surface area contributed by atoms with E-state index in [1.807, 2.05) is 18.2 Å². The summed E-state index contributed by atoms with van der Waals surface area (Å²) in [6.07, 6.45) is 0. The fourth-order valence-electron chi connectivity index (χ4n) is 1.40. The number of aromatic nitrogens is 1. The topological polar surface area (TPSA) is 52.0 Å². The molecule has 2 N–H and O–H groups in total. The molecule has 0 amide bonds. The van der Waals surface area contributed by atoms with E-state index < -0.39 is 0 Å². The highest BCUT2D eigenvalue weighted by Crippen LogP contribution is 2.33. The number of nitrogens with zero attached hydrogens (tertiary/aromatic N) is 1. The van der Waals surface area contributed by atoms with Gasteiger partial charge in [-0.05, 0) is 24.0 Å². The van der Waals surface area contributed by atoms with Crippen LogP contribution in [0, 0.1) is 0 Å². The molecule has 0 saturated carbocycles. The third-order valence-corrected chi connectivity index (χ3v) is 3.24. The second-order valence-electron chi connectivity index (χ2n) is 3.19. The van der Waals surface area contributed by atoms with Crippen LogP contribution < -0.4 is 5.73 Å². The van der Waals surface area contributed by atoms with Gasteiger partial charge in [-0.2, -0.15) is 0 Å². The summed E-state index contributed by atoms with van der Waals surface area (Å²) < 4.78 is 4.87. The lowest BCUT2D eigenvalue weighted by molar-refractivity contribution is 0.439. The summed E-state index contributed by atoms with van der Waals surface area (Å²) in [5.41, 5.74) is 7.19. The zero-order valence-corrected chi connectivity index (χ0v) is 10.3. The van der Waals surface area contributed by atoms with E-state index in [4.69, 9.17) is 21.9 Å². The molecular formula is C11H11ClN2OS. The van der Waals surface area contributed by atoms with E-state index in [1.54, 1.807) is 17.8 Å². The van der Waals surface area contributed by atoms with E-state index in [0.717, 1.165) is 21.9 Å². The van der Waals surface area contributed by atoms with Crippen molar-refractivity contribution >= 4 is 29.2 Å². The number of halogens is 1. The highest BCUT2D eigenvalue weighted by atomic mass is 35.5. The predicted octanol–water partition coefficient (Wildman–Crippen LogP) is 3.69. The first-order valence-corrected chi connectivity index (χ1v) is 6.22. The maximum absolute atomic E-state index is 5.97. The van der Waals surface area contributed by atoms with Crippen LogP contribution in [0.1, 0.15) is 6.92 Å². The number of benzene rings is 1. The van der Waals surface area contributed by atoms with Gasteiger partial charge < -0.3 is 10.3 Å². The van der Waals surface area contributed by atoms with Crippen molar-refractivity contribution in [3.8, 4) is 11.3 Å². The molecule has 16 heavy (non-hydrogen) atoms. The normalized spacial score (nSPS) is 10.6. The van der Waals surface area contributed by atoms with E-state index in [0.29, 0.717) is 10.9 Å². The Balaban J connectivity index is 2.48. The molecule has 0 spiro atoms. The molecule has 0 aliphatic rings. The van der Waals surface area contributed by atoms with Gasteiger partial charge in [-0.3, -0.25) is 0 Å². The maximum Gasteiger partial charge on any atom is 0.222 e. The summed E-state index contributed by atoms with van der Waals surface area (Å²) >= 11 is 7.71. The number of rotatable bonds is 3. The minimum atomic E-state index is 0.308. The number of thioether (sulfide) groups is 1. The van der Waals surface area contributed by atoms with Crippen LogP contribution in [-0.4, -0.2) is 10.9 Å². The van der Waals surface area contributed by atoms with E-state index in [-0.39, 0.29) is 0 Å². The summed E-state index contributed by atoms with van der Waals surface area (Å²) in [5, 5.41) is 4.58. The second-order valence-corrected chi connectivity index (χ2v) is 4.93. The quantitative estimate of drug-likeness (QED) is 0.849. The summed E-state index contributed by atoms with van der Waals surface area (Å²) in [7, 11) is 0. The maximum atomic E-state index is 5.97. The van der Waals surface area contributed by atoms with Crippen LogP contribution in [0.3, 0.4) is 0 Å². The van der Waals surface area contributed by atoms with Gasteiger partial charge in [0.2, 0.25) is 5.88 Å². The molecule has 0 saturated heterocycles. The van der Waals surface area contributed by atoms with Gasteiger partial charge in [-0.25, -0.2) is 0 Å². The lowest BCUT2D eigenvalue weighted by Crippen LogP contribution is -1.83. The number of nitrogens with two attached hydrogens (primary N) is 1. The van der Waals surface area contributed by atoms with Crippen LogP contribution in [0.4, 0.5) is 5.88 Å². The van der Waals surface area contributed by atoms with Crippen molar-refractivity contribution in [3.05, 3.63) is 29.3 Å². The smallest absolute Gasteiger partial charge is 0.222 e. The summed E-state index contributed by atoms with van der Waals surface area (Å²) in [6.45, 7) is 2.10. The third kappa shape index (κ3) is 2.33. The SMILES string of the molecule is CCSc1ccc(Cl)cc1-c1cc(N)on1. The Morgan fingerprint density at radius 3 is 2.88 bits per heavy atom. The second kappa shape index (κ2) is 4.80. The molecule has 5 heteroatoms. The third-order valence-electron chi connectivity index (χ3n) is 2.05. The molecular weight excluding hydrogens is 244 g/mol. The van der Waals surface area contributed by atoms with Crippen LogP contribution in [0.15, 0.2) is 33.7 Å². The van der Waals surface area contributed by atoms with Gasteiger partial charge in [0, 0.05) is 21.5 Å². The minimum Gasteiger partial charge on any atom is -0.368 e. The van der Waals surface area contributed by atoms with Crippen LogP contribution in [0.25, 0.3) is 11.3 Å². The van der Waals surface area contributed by atoms with E-state index in [1.165, 1.54) is 0 Å². The van der Waals surface area contributed by atoms with Crippen molar-refractivity contribution in [3.63, 3.8) is 0 Å². The molecule has 1 aromatic heterocycles.